The fourth-order valence-corrected chi connectivity index (χ4v) is 2.15. The summed E-state index contributed by atoms with van der Waals surface area (Å²) < 4.78 is 0. The molecule has 1 aromatic carbocycles. The van der Waals surface area contributed by atoms with Gasteiger partial charge in [-0.25, -0.2) is 0 Å². The average Bonchev–Trinajstić information content (AvgIpc) is 2.35. The highest BCUT2D eigenvalue weighted by molar-refractivity contribution is 6.06. The van der Waals surface area contributed by atoms with Crippen molar-refractivity contribution in [3.63, 3.8) is 0 Å². The van der Waals surface area contributed by atoms with Crippen LogP contribution in [-0.2, 0) is 0 Å². The summed E-state index contributed by atoms with van der Waals surface area (Å²) >= 11 is 0. The van der Waals surface area contributed by atoms with E-state index in [4.69, 9.17) is 5.21 Å². The molecule has 92 valence electrons. The topological polar surface area (TPSA) is 39.1 Å². The van der Waals surface area contributed by atoms with Crippen LogP contribution >= 0.6 is 0 Å². The van der Waals surface area contributed by atoms with E-state index in [9.17, 15) is 0 Å². The number of oxime groups is 1. The first-order valence-electron chi connectivity index (χ1n) is 5.92. The normalized spacial score (nSPS) is 17.6. The van der Waals surface area contributed by atoms with Gasteiger partial charge < -0.3 is 15.0 Å². The third-order valence-corrected chi connectivity index (χ3v) is 3.11. The van der Waals surface area contributed by atoms with Crippen LogP contribution in [-0.4, -0.2) is 49.5 Å². The molecule has 17 heavy (non-hydrogen) atoms. The molecule has 4 nitrogen and oxygen atoms in total. The zero-order valence-electron chi connectivity index (χ0n) is 10.4. The van der Waals surface area contributed by atoms with Gasteiger partial charge in [-0.3, -0.25) is 0 Å². The number of fused-ring (bicyclic) bond motifs is 1. The Balaban J connectivity index is 2.22. The number of likely N-dealkylation sites (N-methyl/N-ethyl adjacent to an activating group) is 1. The molecule has 0 saturated heterocycles. The van der Waals surface area contributed by atoms with E-state index in [1.165, 1.54) is 5.69 Å². The van der Waals surface area contributed by atoms with Crippen LogP contribution in [0.5, 0.6) is 0 Å². The Morgan fingerprint density at radius 2 is 2.12 bits per heavy atom. The van der Waals surface area contributed by atoms with Crippen LogP contribution in [0.1, 0.15) is 12.0 Å². The van der Waals surface area contributed by atoms with Crippen molar-refractivity contribution in [3.05, 3.63) is 29.8 Å². The van der Waals surface area contributed by atoms with Gasteiger partial charge in [0, 0.05) is 37.3 Å². The lowest BCUT2D eigenvalue weighted by Crippen LogP contribution is -2.37. The van der Waals surface area contributed by atoms with Crippen LogP contribution in [0.4, 0.5) is 5.69 Å². The summed E-state index contributed by atoms with van der Waals surface area (Å²) in [6.07, 6.45) is 0.806. The van der Waals surface area contributed by atoms with Crippen LogP contribution in [0, 0.1) is 0 Å². The molecule has 0 unspecified atom stereocenters. The van der Waals surface area contributed by atoms with Gasteiger partial charge in [-0.2, -0.15) is 0 Å². The lowest BCUT2D eigenvalue weighted by molar-refractivity contribution is 0.317. The fourth-order valence-electron chi connectivity index (χ4n) is 2.15. The summed E-state index contributed by atoms with van der Waals surface area (Å²) in [6.45, 7) is 2.95. The van der Waals surface area contributed by atoms with Crippen molar-refractivity contribution in [3.8, 4) is 0 Å². The molecule has 0 aliphatic carbocycles. The molecule has 0 radical (unpaired) electrons. The molecule has 0 spiro atoms. The maximum Gasteiger partial charge on any atom is 0.0906 e. The molecule has 0 aromatic heterocycles. The van der Waals surface area contributed by atoms with Crippen molar-refractivity contribution in [1.82, 2.24) is 4.90 Å². The highest BCUT2D eigenvalue weighted by Gasteiger charge is 2.21. The van der Waals surface area contributed by atoms with Crippen LogP contribution in [0.3, 0.4) is 0 Å². The fraction of sp³-hybridized carbons (Fsp3) is 0.462. The van der Waals surface area contributed by atoms with Gasteiger partial charge >= 0.3 is 0 Å². The molecule has 1 heterocycles. The number of hydrogen-bond acceptors (Lipinski definition) is 4. The standard InChI is InChI=1S/C13H19N3O/c1-15(2)9-10-16-8-7-12(14-17)11-5-3-4-6-13(11)16/h3-6,17H,7-10H2,1-2H3. The summed E-state index contributed by atoms with van der Waals surface area (Å²) in [6, 6.07) is 8.13. The highest BCUT2D eigenvalue weighted by atomic mass is 16.4. The molecular weight excluding hydrogens is 214 g/mol. The maximum absolute atomic E-state index is 9.00. The van der Waals surface area contributed by atoms with E-state index in [1.807, 2.05) is 18.2 Å². The molecule has 1 aliphatic heterocycles. The van der Waals surface area contributed by atoms with E-state index in [-0.39, 0.29) is 0 Å². The number of nitrogens with zero attached hydrogens (tertiary/aromatic N) is 3. The Hall–Kier alpha value is -1.55. The molecule has 0 saturated carbocycles. The van der Waals surface area contributed by atoms with Gasteiger partial charge in [-0.15, -0.1) is 0 Å². The van der Waals surface area contributed by atoms with E-state index in [0.717, 1.165) is 37.3 Å². The Kier molecular flexibility index (Phi) is 3.64. The zero-order chi connectivity index (χ0) is 12.3. The predicted octanol–water partition coefficient (Wildman–Crippen LogP) is 1.64. The summed E-state index contributed by atoms with van der Waals surface area (Å²) in [5, 5.41) is 12.4. The Morgan fingerprint density at radius 1 is 1.35 bits per heavy atom. The van der Waals surface area contributed by atoms with Crippen molar-refractivity contribution in [2.24, 2.45) is 5.16 Å². The number of benzene rings is 1. The summed E-state index contributed by atoms with van der Waals surface area (Å²) in [4.78, 5) is 4.53. The molecule has 0 fully saturated rings. The van der Waals surface area contributed by atoms with Crippen LogP contribution < -0.4 is 4.90 Å². The van der Waals surface area contributed by atoms with Gasteiger partial charge in [0.05, 0.1) is 5.71 Å². The molecule has 4 heteroatoms. The molecule has 1 N–H and O–H groups in total. The third kappa shape index (κ3) is 2.58. The van der Waals surface area contributed by atoms with Gasteiger partial charge in [0.1, 0.15) is 0 Å². The monoisotopic (exact) mass is 233 g/mol. The maximum atomic E-state index is 9.00. The Labute approximate surface area is 102 Å². The van der Waals surface area contributed by atoms with E-state index in [2.05, 4.69) is 35.1 Å². The van der Waals surface area contributed by atoms with Crippen molar-refractivity contribution in [1.29, 1.82) is 0 Å². The van der Waals surface area contributed by atoms with Gasteiger partial charge in [-0.1, -0.05) is 23.4 Å². The minimum absolute atomic E-state index is 0.793. The number of rotatable bonds is 3. The predicted molar refractivity (Wildman–Crippen MR) is 70.1 cm³/mol. The van der Waals surface area contributed by atoms with E-state index in [0.29, 0.717) is 0 Å². The molecule has 0 atom stereocenters. The number of para-hydroxylation sites is 1. The van der Waals surface area contributed by atoms with Gasteiger partial charge in [0.25, 0.3) is 0 Å². The average molecular weight is 233 g/mol. The first kappa shape index (κ1) is 11.9. The largest absolute Gasteiger partial charge is 0.411 e. The van der Waals surface area contributed by atoms with E-state index >= 15 is 0 Å². The number of hydrogen-bond donors (Lipinski definition) is 1. The zero-order valence-corrected chi connectivity index (χ0v) is 10.4. The van der Waals surface area contributed by atoms with Crippen molar-refractivity contribution >= 4 is 11.4 Å². The van der Waals surface area contributed by atoms with Crippen molar-refractivity contribution in [2.45, 2.75) is 6.42 Å². The second-order valence-electron chi connectivity index (χ2n) is 4.60. The summed E-state index contributed by atoms with van der Waals surface area (Å²) in [7, 11) is 4.16. The molecule has 1 aliphatic rings. The van der Waals surface area contributed by atoms with Crippen LogP contribution in [0.2, 0.25) is 0 Å². The van der Waals surface area contributed by atoms with E-state index < -0.39 is 0 Å². The Bertz CT molecular complexity index is 415. The smallest absolute Gasteiger partial charge is 0.0906 e. The molecule has 0 bridgehead atoms. The Morgan fingerprint density at radius 3 is 2.82 bits per heavy atom. The second kappa shape index (κ2) is 5.19. The van der Waals surface area contributed by atoms with Crippen LogP contribution in [0.25, 0.3) is 0 Å². The summed E-state index contributed by atoms with van der Waals surface area (Å²) in [5.41, 5.74) is 3.02. The lowest BCUT2D eigenvalue weighted by Gasteiger charge is -2.32. The lowest BCUT2D eigenvalue weighted by atomic mass is 10.00. The first-order valence-corrected chi connectivity index (χ1v) is 5.92. The minimum atomic E-state index is 0.793. The van der Waals surface area contributed by atoms with Gasteiger partial charge in [0.2, 0.25) is 0 Å². The highest BCUT2D eigenvalue weighted by Crippen LogP contribution is 2.26. The van der Waals surface area contributed by atoms with Crippen molar-refractivity contribution < 1.29 is 5.21 Å². The van der Waals surface area contributed by atoms with Crippen molar-refractivity contribution in [2.75, 3.05) is 38.6 Å². The van der Waals surface area contributed by atoms with Gasteiger partial charge in [0.15, 0.2) is 0 Å². The van der Waals surface area contributed by atoms with Crippen LogP contribution in [0.15, 0.2) is 29.4 Å². The minimum Gasteiger partial charge on any atom is -0.411 e. The second-order valence-corrected chi connectivity index (χ2v) is 4.60. The van der Waals surface area contributed by atoms with Gasteiger partial charge in [-0.05, 0) is 20.2 Å². The molecule has 2 rings (SSSR count). The molecular formula is C13H19N3O. The molecule has 0 amide bonds. The quantitative estimate of drug-likeness (QED) is 0.637. The third-order valence-electron chi connectivity index (χ3n) is 3.11. The molecule has 1 aromatic rings. The first-order chi connectivity index (χ1) is 8.22. The number of anilines is 1. The summed E-state index contributed by atoms with van der Waals surface area (Å²) in [5.74, 6) is 0. The SMILES string of the molecule is CN(C)CCN1CCC(=NO)c2ccccc21. The van der Waals surface area contributed by atoms with E-state index in [1.54, 1.807) is 0 Å².